The molecule has 0 aromatic heterocycles. The first kappa shape index (κ1) is 12.3. The summed E-state index contributed by atoms with van der Waals surface area (Å²) in [6, 6.07) is 9.31. The third kappa shape index (κ3) is 2.58. The first-order chi connectivity index (χ1) is 8.09. The van der Waals surface area contributed by atoms with E-state index in [0.717, 1.165) is 18.4 Å². The van der Waals surface area contributed by atoms with Crippen LogP contribution in [0.1, 0.15) is 37.0 Å². The third-order valence-electron chi connectivity index (χ3n) is 3.81. The largest absolute Gasteiger partial charge is 0.392 e. The minimum absolute atomic E-state index is 0.0949. The zero-order valence-electron chi connectivity index (χ0n) is 10.5. The maximum Gasteiger partial charge on any atom is 0.168 e. The van der Waals surface area contributed by atoms with E-state index < -0.39 is 6.10 Å². The SMILES string of the molecule is CC1CC(C)C(C(=O)c2ccccc2)C(O)C1. The first-order valence-electron chi connectivity index (χ1n) is 6.37. The number of hydrogen-bond acceptors (Lipinski definition) is 2. The Kier molecular flexibility index (Phi) is 3.63. The fourth-order valence-corrected chi connectivity index (χ4v) is 3.04. The molecular weight excluding hydrogens is 212 g/mol. The highest BCUT2D eigenvalue weighted by Crippen LogP contribution is 2.35. The maximum atomic E-state index is 12.4. The number of benzene rings is 1. The van der Waals surface area contributed by atoms with Gasteiger partial charge in [-0.3, -0.25) is 4.79 Å². The van der Waals surface area contributed by atoms with Crippen LogP contribution in [0, 0.1) is 17.8 Å². The molecule has 0 bridgehead atoms. The van der Waals surface area contributed by atoms with E-state index in [9.17, 15) is 9.90 Å². The minimum Gasteiger partial charge on any atom is -0.392 e. The molecule has 0 radical (unpaired) electrons. The summed E-state index contributed by atoms with van der Waals surface area (Å²) in [7, 11) is 0. The molecule has 1 fully saturated rings. The lowest BCUT2D eigenvalue weighted by atomic mass is 9.71. The Balaban J connectivity index is 2.19. The van der Waals surface area contributed by atoms with E-state index in [0.29, 0.717) is 5.92 Å². The summed E-state index contributed by atoms with van der Waals surface area (Å²) in [4.78, 5) is 12.4. The molecular formula is C15H20O2. The quantitative estimate of drug-likeness (QED) is 0.796. The smallest absolute Gasteiger partial charge is 0.168 e. The van der Waals surface area contributed by atoms with Crippen molar-refractivity contribution in [2.45, 2.75) is 32.8 Å². The van der Waals surface area contributed by atoms with Crippen LogP contribution >= 0.6 is 0 Å². The number of carbonyl (C=O) groups is 1. The average molecular weight is 232 g/mol. The molecule has 1 aliphatic carbocycles. The van der Waals surface area contributed by atoms with Gasteiger partial charge in [0.05, 0.1) is 12.0 Å². The highest BCUT2D eigenvalue weighted by Gasteiger charge is 2.37. The van der Waals surface area contributed by atoms with Crippen LogP contribution in [0.4, 0.5) is 0 Å². The molecule has 1 aliphatic rings. The molecule has 17 heavy (non-hydrogen) atoms. The highest BCUT2D eigenvalue weighted by molar-refractivity contribution is 5.98. The molecule has 4 atom stereocenters. The first-order valence-corrected chi connectivity index (χ1v) is 6.37. The lowest BCUT2D eigenvalue weighted by molar-refractivity contribution is 0.0190. The number of hydrogen-bond donors (Lipinski definition) is 1. The molecule has 2 rings (SSSR count). The van der Waals surface area contributed by atoms with Crippen molar-refractivity contribution in [3.63, 3.8) is 0 Å². The molecule has 1 aromatic carbocycles. The summed E-state index contributed by atoms with van der Waals surface area (Å²) in [6.45, 7) is 4.22. The van der Waals surface area contributed by atoms with Crippen molar-refractivity contribution in [3.05, 3.63) is 35.9 Å². The zero-order valence-corrected chi connectivity index (χ0v) is 10.5. The molecule has 4 unspecified atom stereocenters. The van der Waals surface area contributed by atoms with Crippen LogP contribution in [-0.4, -0.2) is 17.0 Å². The van der Waals surface area contributed by atoms with E-state index in [1.165, 1.54) is 0 Å². The van der Waals surface area contributed by atoms with E-state index in [1.54, 1.807) is 0 Å². The topological polar surface area (TPSA) is 37.3 Å². The fraction of sp³-hybridized carbons (Fsp3) is 0.533. The second-order valence-electron chi connectivity index (χ2n) is 5.38. The van der Waals surface area contributed by atoms with E-state index in [-0.39, 0.29) is 17.6 Å². The van der Waals surface area contributed by atoms with Crippen LogP contribution < -0.4 is 0 Å². The Morgan fingerprint density at radius 2 is 1.82 bits per heavy atom. The van der Waals surface area contributed by atoms with Gasteiger partial charge in [0.1, 0.15) is 0 Å². The Morgan fingerprint density at radius 1 is 1.18 bits per heavy atom. The van der Waals surface area contributed by atoms with Gasteiger partial charge in [-0.2, -0.15) is 0 Å². The Labute approximate surface area is 103 Å². The number of aliphatic hydroxyl groups is 1. The second kappa shape index (κ2) is 5.01. The number of aliphatic hydroxyl groups excluding tert-OH is 1. The van der Waals surface area contributed by atoms with Gasteiger partial charge < -0.3 is 5.11 Å². The zero-order chi connectivity index (χ0) is 12.4. The van der Waals surface area contributed by atoms with Gasteiger partial charge in [-0.15, -0.1) is 0 Å². The molecule has 0 saturated heterocycles. The summed E-state index contributed by atoms with van der Waals surface area (Å²) in [5.41, 5.74) is 0.720. The van der Waals surface area contributed by atoms with Crippen LogP contribution in [0.15, 0.2) is 30.3 Å². The molecule has 1 N–H and O–H groups in total. The van der Waals surface area contributed by atoms with Crippen molar-refractivity contribution in [1.82, 2.24) is 0 Å². The normalized spacial score (nSPS) is 33.4. The molecule has 92 valence electrons. The van der Waals surface area contributed by atoms with Gasteiger partial charge in [-0.05, 0) is 24.7 Å². The standard InChI is InChI=1S/C15H20O2/c1-10-8-11(2)14(13(16)9-10)15(17)12-6-4-3-5-7-12/h3-7,10-11,13-14,16H,8-9H2,1-2H3. The molecule has 0 aliphatic heterocycles. The van der Waals surface area contributed by atoms with Gasteiger partial charge in [0.25, 0.3) is 0 Å². The van der Waals surface area contributed by atoms with Crippen molar-refractivity contribution in [2.24, 2.45) is 17.8 Å². The van der Waals surface area contributed by atoms with Crippen molar-refractivity contribution in [1.29, 1.82) is 0 Å². The van der Waals surface area contributed by atoms with Crippen molar-refractivity contribution in [3.8, 4) is 0 Å². The number of Topliss-reactive ketones (excluding diaryl/α,β-unsaturated/α-hetero) is 1. The average Bonchev–Trinajstić information content (AvgIpc) is 2.28. The molecule has 0 amide bonds. The van der Waals surface area contributed by atoms with Gasteiger partial charge in [-0.1, -0.05) is 44.2 Å². The van der Waals surface area contributed by atoms with E-state index in [4.69, 9.17) is 0 Å². The van der Waals surface area contributed by atoms with Crippen LogP contribution in [0.5, 0.6) is 0 Å². The number of ketones is 1. The molecule has 0 heterocycles. The summed E-state index contributed by atoms with van der Waals surface area (Å²) >= 11 is 0. The summed E-state index contributed by atoms with van der Waals surface area (Å²) in [5.74, 6) is 0.646. The monoisotopic (exact) mass is 232 g/mol. The molecule has 0 spiro atoms. The molecule has 1 saturated carbocycles. The Bertz CT molecular complexity index is 373. The van der Waals surface area contributed by atoms with Gasteiger partial charge in [-0.25, -0.2) is 0 Å². The van der Waals surface area contributed by atoms with Gasteiger partial charge in [0.15, 0.2) is 5.78 Å². The number of carbonyl (C=O) groups excluding carboxylic acids is 1. The van der Waals surface area contributed by atoms with Gasteiger partial charge in [0, 0.05) is 5.56 Å². The highest BCUT2D eigenvalue weighted by atomic mass is 16.3. The van der Waals surface area contributed by atoms with Gasteiger partial charge in [0.2, 0.25) is 0 Å². The van der Waals surface area contributed by atoms with Crippen LogP contribution in [0.25, 0.3) is 0 Å². The summed E-state index contributed by atoms with van der Waals surface area (Å²) < 4.78 is 0. The number of rotatable bonds is 2. The lowest BCUT2D eigenvalue weighted by Gasteiger charge is -2.35. The molecule has 1 aromatic rings. The third-order valence-corrected chi connectivity index (χ3v) is 3.81. The van der Waals surface area contributed by atoms with E-state index in [1.807, 2.05) is 30.3 Å². The molecule has 2 nitrogen and oxygen atoms in total. The second-order valence-corrected chi connectivity index (χ2v) is 5.38. The minimum atomic E-state index is -0.485. The summed E-state index contributed by atoms with van der Waals surface area (Å²) in [6.07, 6.45) is 1.29. The van der Waals surface area contributed by atoms with Crippen LogP contribution in [-0.2, 0) is 0 Å². The Morgan fingerprint density at radius 3 is 2.41 bits per heavy atom. The van der Waals surface area contributed by atoms with Crippen LogP contribution in [0.2, 0.25) is 0 Å². The van der Waals surface area contributed by atoms with Crippen molar-refractivity contribution >= 4 is 5.78 Å². The van der Waals surface area contributed by atoms with Crippen LogP contribution in [0.3, 0.4) is 0 Å². The summed E-state index contributed by atoms with van der Waals surface area (Å²) in [5, 5.41) is 10.1. The van der Waals surface area contributed by atoms with E-state index in [2.05, 4.69) is 13.8 Å². The fourth-order valence-electron chi connectivity index (χ4n) is 3.04. The van der Waals surface area contributed by atoms with E-state index >= 15 is 0 Å². The predicted molar refractivity (Wildman–Crippen MR) is 67.8 cm³/mol. The Hall–Kier alpha value is -1.15. The van der Waals surface area contributed by atoms with Crippen molar-refractivity contribution < 1.29 is 9.90 Å². The lowest BCUT2D eigenvalue weighted by Crippen LogP contribution is -2.39. The predicted octanol–water partition coefficient (Wildman–Crippen LogP) is 2.91. The molecule has 2 heteroatoms. The maximum absolute atomic E-state index is 12.4. The van der Waals surface area contributed by atoms with Crippen molar-refractivity contribution in [2.75, 3.05) is 0 Å². The van der Waals surface area contributed by atoms with Gasteiger partial charge >= 0.3 is 0 Å².